The second-order valence-electron chi connectivity index (χ2n) is 3.37. The highest BCUT2D eigenvalue weighted by atomic mass is 35.5. The summed E-state index contributed by atoms with van der Waals surface area (Å²) in [4.78, 5) is 0. The van der Waals surface area contributed by atoms with Crippen LogP contribution in [0.5, 0.6) is 0 Å². The lowest BCUT2D eigenvalue weighted by Crippen LogP contribution is -2.22. The lowest BCUT2D eigenvalue weighted by atomic mass is 9.94. The van der Waals surface area contributed by atoms with Crippen LogP contribution in [-0.2, 0) is 0 Å². The normalized spacial score (nSPS) is 19.4. The van der Waals surface area contributed by atoms with E-state index in [0.717, 1.165) is 6.42 Å². The standard InChI is InChI=1S/C9H19ClO/c1-4-5-7(2)9(10)8(3)6-11/h7-9,11H,4-6H2,1-3H3. The molecule has 0 heterocycles. The van der Waals surface area contributed by atoms with Crippen molar-refractivity contribution in [3.63, 3.8) is 0 Å². The van der Waals surface area contributed by atoms with Crippen LogP contribution < -0.4 is 0 Å². The molecule has 0 spiro atoms. The van der Waals surface area contributed by atoms with Gasteiger partial charge in [0.1, 0.15) is 0 Å². The van der Waals surface area contributed by atoms with E-state index >= 15 is 0 Å². The van der Waals surface area contributed by atoms with E-state index in [-0.39, 0.29) is 17.9 Å². The lowest BCUT2D eigenvalue weighted by Gasteiger charge is -2.21. The maximum Gasteiger partial charge on any atom is 0.0470 e. The van der Waals surface area contributed by atoms with Crippen LogP contribution in [0.15, 0.2) is 0 Å². The highest BCUT2D eigenvalue weighted by Gasteiger charge is 2.19. The van der Waals surface area contributed by atoms with Crippen molar-refractivity contribution in [3.8, 4) is 0 Å². The molecule has 0 fully saturated rings. The van der Waals surface area contributed by atoms with Crippen molar-refractivity contribution >= 4 is 11.6 Å². The van der Waals surface area contributed by atoms with Gasteiger partial charge in [-0.25, -0.2) is 0 Å². The maximum atomic E-state index is 8.84. The van der Waals surface area contributed by atoms with Crippen LogP contribution in [0.3, 0.4) is 0 Å². The van der Waals surface area contributed by atoms with Gasteiger partial charge in [0, 0.05) is 12.0 Å². The minimum Gasteiger partial charge on any atom is -0.396 e. The molecular formula is C9H19ClO. The van der Waals surface area contributed by atoms with Gasteiger partial charge in [-0.15, -0.1) is 11.6 Å². The quantitative estimate of drug-likeness (QED) is 0.642. The van der Waals surface area contributed by atoms with E-state index in [2.05, 4.69) is 13.8 Å². The van der Waals surface area contributed by atoms with Crippen LogP contribution in [-0.4, -0.2) is 17.1 Å². The molecule has 0 aromatic carbocycles. The van der Waals surface area contributed by atoms with E-state index in [9.17, 15) is 0 Å². The number of aliphatic hydroxyl groups is 1. The molecule has 0 aromatic rings. The number of rotatable bonds is 5. The highest BCUT2D eigenvalue weighted by Crippen LogP contribution is 2.22. The zero-order valence-corrected chi connectivity index (χ0v) is 8.43. The average molecular weight is 179 g/mol. The molecule has 0 aliphatic heterocycles. The Kier molecular flexibility index (Phi) is 5.98. The molecule has 0 amide bonds. The predicted molar refractivity (Wildman–Crippen MR) is 50.0 cm³/mol. The molecule has 0 rings (SSSR count). The van der Waals surface area contributed by atoms with Crippen molar-refractivity contribution in [1.82, 2.24) is 0 Å². The van der Waals surface area contributed by atoms with Crippen molar-refractivity contribution in [2.75, 3.05) is 6.61 Å². The summed E-state index contributed by atoms with van der Waals surface area (Å²) in [7, 11) is 0. The first-order valence-electron chi connectivity index (χ1n) is 4.38. The minimum atomic E-state index is 0.125. The van der Waals surface area contributed by atoms with Crippen LogP contribution in [0.2, 0.25) is 0 Å². The minimum absolute atomic E-state index is 0.125. The van der Waals surface area contributed by atoms with E-state index in [1.165, 1.54) is 6.42 Å². The van der Waals surface area contributed by atoms with Crippen molar-refractivity contribution in [1.29, 1.82) is 0 Å². The molecule has 3 atom stereocenters. The predicted octanol–water partition coefficient (Wildman–Crippen LogP) is 2.66. The number of hydrogen-bond acceptors (Lipinski definition) is 1. The largest absolute Gasteiger partial charge is 0.396 e. The third-order valence-electron chi connectivity index (χ3n) is 2.12. The van der Waals surface area contributed by atoms with E-state index in [0.29, 0.717) is 5.92 Å². The van der Waals surface area contributed by atoms with E-state index in [1.54, 1.807) is 0 Å². The summed E-state index contributed by atoms with van der Waals surface area (Å²) in [6, 6.07) is 0. The van der Waals surface area contributed by atoms with Crippen LogP contribution in [0, 0.1) is 11.8 Å². The van der Waals surface area contributed by atoms with Crippen molar-refractivity contribution in [2.24, 2.45) is 11.8 Å². The number of hydrogen-bond donors (Lipinski definition) is 1. The van der Waals surface area contributed by atoms with Gasteiger partial charge in [0.2, 0.25) is 0 Å². The number of halogens is 1. The van der Waals surface area contributed by atoms with Gasteiger partial charge in [-0.1, -0.05) is 27.2 Å². The summed E-state index contributed by atoms with van der Waals surface area (Å²) in [5.41, 5.74) is 0. The summed E-state index contributed by atoms with van der Waals surface area (Å²) in [5, 5.41) is 8.96. The zero-order chi connectivity index (χ0) is 8.85. The second-order valence-corrected chi connectivity index (χ2v) is 3.87. The summed E-state index contributed by atoms with van der Waals surface area (Å²) in [5.74, 6) is 0.738. The molecule has 0 bridgehead atoms. The molecule has 0 saturated carbocycles. The second kappa shape index (κ2) is 5.84. The van der Waals surface area contributed by atoms with Crippen LogP contribution in [0.4, 0.5) is 0 Å². The molecule has 0 aromatic heterocycles. The third kappa shape index (κ3) is 3.97. The van der Waals surface area contributed by atoms with Gasteiger partial charge in [0.25, 0.3) is 0 Å². The first-order chi connectivity index (χ1) is 5.13. The first-order valence-corrected chi connectivity index (χ1v) is 4.82. The molecular weight excluding hydrogens is 160 g/mol. The first kappa shape index (κ1) is 11.2. The maximum absolute atomic E-state index is 8.84. The fourth-order valence-electron chi connectivity index (χ4n) is 1.28. The van der Waals surface area contributed by atoms with Gasteiger partial charge in [-0.2, -0.15) is 0 Å². The van der Waals surface area contributed by atoms with Crippen molar-refractivity contribution < 1.29 is 5.11 Å². The van der Waals surface area contributed by atoms with Crippen molar-refractivity contribution in [2.45, 2.75) is 39.0 Å². The summed E-state index contributed by atoms with van der Waals surface area (Å²) < 4.78 is 0. The Balaban J connectivity index is 3.70. The van der Waals surface area contributed by atoms with Gasteiger partial charge in [0.05, 0.1) is 0 Å². The van der Waals surface area contributed by atoms with Crippen LogP contribution >= 0.6 is 11.6 Å². The Morgan fingerprint density at radius 1 is 1.27 bits per heavy atom. The van der Waals surface area contributed by atoms with Gasteiger partial charge in [-0.05, 0) is 18.3 Å². The van der Waals surface area contributed by atoms with Gasteiger partial charge in [0.15, 0.2) is 0 Å². The molecule has 1 N–H and O–H groups in total. The molecule has 0 aliphatic carbocycles. The molecule has 0 saturated heterocycles. The highest BCUT2D eigenvalue weighted by molar-refractivity contribution is 6.20. The SMILES string of the molecule is CCCC(C)C(Cl)C(C)CO. The fraction of sp³-hybridized carbons (Fsp3) is 1.00. The Bertz CT molecular complexity index is 95.6. The third-order valence-corrected chi connectivity index (χ3v) is 2.98. The topological polar surface area (TPSA) is 20.2 Å². The zero-order valence-electron chi connectivity index (χ0n) is 7.68. The van der Waals surface area contributed by atoms with Gasteiger partial charge < -0.3 is 5.11 Å². The Labute approximate surface area is 74.8 Å². The van der Waals surface area contributed by atoms with E-state index in [1.807, 2.05) is 6.92 Å². The fourth-order valence-corrected chi connectivity index (χ4v) is 1.48. The molecule has 2 heteroatoms. The van der Waals surface area contributed by atoms with E-state index < -0.39 is 0 Å². The Morgan fingerprint density at radius 3 is 2.18 bits per heavy atom. The molecule has 68 valence electrons. The monoisotopic (exact) mass is 178 g/mol. The molecule has 11 heavy (non-hydrogen) atoms. The average Bonchev–Trinajstić information content (AvgIpc) is 2.02. The number of alkyl halides is 1. The Hall–Kier alpha value is 0.250. The molecule has 3 unspecified atom stereocenters. The van der Waals surface area contributed by atoms with Crippen molar-refractivity contribution in [3.05, 3.63) is 0 Å². The molecule has 0 radical (unpaired) electrons. The molecule has 0 aliphatic rings. The molecule has 1 nitrogen and oxygen atoms in total. The number of aliphatic hydroxyl groups excluding tert-OH is 1. The van der Waals surface area contributed by atoms with Gasteiger partial charge in [-0.3, -0.25) is 0 Å². The van der Waals surface area contributed by atoms with Crippen LogP contribution in [0.25, 0.3) is 0 Å². The van der Waals surface area contributed by atoms with E-state index in [4.69, 9.17) is 16.7 Å². The lowest BCUT2D eigenvalue weighted by molar-refractivity contribution is 0.216. The Morgan fingerprint density at radius 2 is 1.82 bits per heavy atom. The summed E-state index contributed by atoms with van der Waals surface area (Å²) in [6.45, 7) is 6.49. The van der Waals surface area contributed by atoms with Crippen LogP contribution in [0.1, 0.15) is 33.6 Å². The summed E-state index contributed by atoms with van der Waals surface area (Å²) in [6.07, 6.45) is 2.32. The summed E-state index contributed by atoms with van der Waals surface area (Å²) >= 11 is 6.10. The van der Waals surface area contributed by atoms with Gasteiger partial charge >= 0.3 is 0 Å². The smallest absolute Gasteiger partial charge is 0.0470 e.